The largest absolute Gasteiger partial charge is 0.389 e. The fourth-order valence-corrected chi connectivity index (χ4v) is 1.69. The molecule has 1 atom stereocenters. The van der Waals surface area contributed by atoms with E-state index in [0.29, 0.717) is 19.7 Å². The summed E-state index contributed by atoms with van der Waals surface area (Å²) >= 11 is 0. The fraction of sp³-hybridized carbons (Fsp3) is 1.00. The van der Waals surface area contributed by atoms with Crippen molar-refractivity contribution in [2.75, 3.05) is 26.3 Å². The number of aliphatic hydroxyl groups is 2. The third-order valence-corrected chi connectivity index (χ3v) is 3.51. The Morgan fingerprint density at radius 3 is 2.53 bits per heavy atom. The number of hydrogen-bond acceptors (Lipinski definition) is 4. The zero-order chi connectivity index (χ0) is 12.7. The SMILES string of the molecule is CCC(O)(CC)CNCC(O)COCC1CC1. The first-order chi connectivity index (χ1) is 8.09. The van der Waals surface area contributed by atoms with E-state index >= 15 is 0 Å². The molecule has 1 rings (SSSR count). The Balaban J connectivity index is 1.99. The molecule has 1 saturated carbocycles. The summed E-state index contributed by atoms with van der Waals surface area (Å²) < 4.78 is 5.40. The van der Waals surface area contributed by atoms with E-state index in [1.807, 2.05) is 13.8 Å². The van der Waals surface area contributed by atoms with Gasteiger partial charge >= 0.3 is 0 Å². The molecule has 1 unspecified atom stereocenters. The molecule has 4 nitrogen and oxygen atoms in total. The van der Waals surface area contributed by atoms with Crippen LogP contribution < -0.4 is 5.32 Å². The zero-order valence-corrected chi connectivity index (χ0v) is 11.1. The molecule has 0 bridgehead atoms. The topological polar surface area (TPSA) is 61.7 Å². The van der Waals surface area contributed by atoms with Crippen LogP contribution in [-0.4, -0.2) is 48.2 Å². The van der Waals surface area contributed by atoms with Crippen LogP contribution in [0.5, 0.6) is 0 Å². The van der Waals surface area contributed by atoms with Crippen LogP contribution in [0.2, 0.25) is 0 Å². The predicted octanol–water partition coefficient (Wildman–Crippen LogP) is 0.915. The highest BCUT2D eigenvalue weighted by atomic mass is 16.5. The van der Waals surface area contributed by atoms with E-state index in [2.05, 4.69) is 5.32 Å². The second-order valence-corrected chi connectivity index (χ2v) is 5.20. The Morgan fingerprint density at radius 1 is 1.35 bits per heavy atom. The minimum Gasteiger partial charge on any atom is -0.389 e. The maximum absolute atomic E-state index is 10.0. The van der Waals surface area contributed by atoms with Crippen LogP contribution in [0.3, 0.4) is 0 Å². The van der Waals surface area contributed by atoms with Crippen molar-refractivity contribution >= 4 is 0 Å². The molecule has 1 aliphatic carbocycles. The molecular weight excluding hydrogens is 218 g/mol. The molecule has 0 aromatic rings. The van der Waals surface area contributed by atoms with Crippen LogP contribution >= 0.6 is 0 Å². The summed E-state index contributed by atoms with van der Waals surface area (Å²) in [5.74, 6) is 0.737. The van der Waals surface area contributed by atoms with Gasteiger partial charge in [0.1, 0.15) is 0 Å². The van der Waals surface area contributed by atoms with Crippen molar-refractivity contribution in [2.45, 2.75) is 51.2 Å². The van der Waals surface area contributed by atoms with Crippen molar-refractivity contribution in [1.82, 2.24) is 5.32 Å². The first-order valence-electron chi connectivity index (χ1n) is 6.78. The summed E-state index contributed by atoms with van der Waals surface area (Å²) in [6.45, 7) is 6.12. The zero-order valence-electron chi connectivity index (χ0n) is 11.1. The molecule has 1 fully saturated rings. The second kappa shape index (κ2) is 7.31. The number of hydrogen-bond donors (Lipinski definition) is 3. The van der Waals surface area contributed by atoms with E-state index in [0.717, 1.165) is 25.4 Å². The number of ether oxygens (including phenoxy) is 1. The third-order valence-electron chi connectivity index (χ3n) is 3.51. The highest BCUT2D eigenvalue weighted by Gasteiger charge is 2.23. The fourth-order valence-electron chi connectivity index (χ4n) is 1.69. The van der Waals surface area contributed by atoms with E-state index in [4.69, 9.17) is 4.74 Å². The van der Waals surface area contributed by atoms with E-state index < -0.39 is 11.7 Å². The van der Waals surface area contributed by atoms with Gasteiger partial charge in [0.15, 0.2) is 0 Å². The maximum Gasteiger partial charge on any atom is 0.0897 e. The molecule has 0 aromatic heterocycles. The van der Waals surface area contributed by atoms with Gasteiger partial charge in [0, 0.05) is 19.7 Å². The average Bonchev–Trinajstić information content (AvgIpc) is 3.13. The highest BCUT2D eigenvalue weighted by molar-refractivity contribution is 4.78. The molecule has 0 heterocycles. The first kappa shape index (κ1) is 14.9. The summed E-state index contributed by atoms with van der Waals surface area (Å²) in [6, 6.07) is 0. The molecule has 4 heteroatoms. The van der Waals surface area contributed by atoms with Gasteiger partial charge in [0.2, 0.25) is 0 Å². The number of aliphatic hydroxyl groups excluding tert-OH is 1. The number of nitrogens with one attached hydrogen (secondary N) is 1. The Bertz CT molecular complexity index is 203. The summed E-state index contributed by atoms with van der Waals surface area (Å²) in [5, 5.41) is 22.8. The molecule has 0 amide bonds. The van der Waals surface area contributed by atoms with Gasteiger partial charge < -0.3 is 20.3 Å². The summed E-state index contributed by atoms with van der Waals surface area (Å²) in [5.41, 5.74) is -0.644. The summed E-state index contributed by atoms with van der Waals surface area (Å²) in [4.78, 5) is 0. The van der Waals surface area contributed by atoms with E-state index in [9.17, 15) is 10.2 Å². The normalized spacial score (nSPS) is 18.4. The lowest BCUT2D eigenvalue weighted by molar-refractivity contribution is 0.0147. The van der Waals surface area contributed by atoms with Crippen molar-refractivity contribution in [3.63, 3.8) is 0 Å². The van der Waals surface area contributed by atoms with Crippen molar-refractivity contribution < 1.29 is 14.9 Å². The molecular formula is C13H27NO3. The lowest BCUT2D eigenvalue weighted by atomic mass is 9.97. The van der Waals surface area contributed by atoms with Crippen molar-refractivity contribution in [1.29, 1.82) is 0 Å². The monoisotopic (exact) mass is 245 g/mol. The van der Waals surface area contributed by atoms with Gasteiger partial charge in [-0.2, -0.15) is 0 Å². The van der Waals surface area contributed by atoms with Crippen LogP contribution in [0, 0.1) is 5.92 Å². The Morgan fingerprint density at radius 2 is 2.00 bits per heavy atom. The average molecular weight is 245 g/mol. The van der Waals surface area contributed by atoms with E-state index in [1.54, 1.807) is 0 Å². The Hall–Kier alpha value is -0.160. The maximum atomic E-state index is 10.0. The van der Waals surface area contributed by atoms with Gasteiger partial charge in [0.05, 0.1) is 18.3 Å². The van der Waals surface area contributed by atoms with Crippen molar-refractivity contribution in [3.8, 4) is 0 Å². The quantitative estimate of drug-likeness (QED) is 0.535. The highest BCUT2D eigenvalue weighted by Crippen LogP contribution is 2.28. The van der Waals surface area contributed by atoms with Gasteiger partial charge in [-0.25, -0.2) is 0 Å². The van der Waals surface area contributed by atoms with Gasteiger partial charge in [-0.3, -0.25) is 0 Å². The van der Waals surface area contributed by atoms with Crippen molar-refractivity contribution in [2.24, 2.45) is 5.92 Å². The lowest BCUT2D eigenvalue weighted by Crippen LogP contribution is -2.42. The van der Waals surface area contributed by atoms with Crippen molar-refractivity contribution in [3.05, 3.63) is 0 Å². The molecule has 3 N–H and O–H groups in total. The number of rotatable bonds is 10. The minimum absolute atomic E-state index is 0.389. The molecule has 0 spiro atoms. The predicted molar refractivity (Wildman–Crippen MR) is 68.0 cm³/mol. The van der Waals surface area contributed by atoms with Crippen LogP contribution in [0.1, 0.15) is 39.5 Å². The van der Waals surface area contributed by atoms with Crippen LogP contribution in [0.25, 0.3) is 0 Å². The van der Waals surface area contributed by atoms with Crippen LogP contribution in [-0.2, 0) is 4.74 Å². The van der Waals surface area contributed by atoms with Crippen LogP contribution in [0.4, 0.5) is 0 Å². The summed E-state index contributed by atoms with van der Waals surface area (Å²) in [7, 11) is 0. The van der Waals surface area contributed by atoms with Gasteiger partial charge in [-0.15, -0.1) is 0 Å². The molecule has 0 radical (unpaired) electrons. The van der Waals surface area contributed by atoms with Crippen LogP contribution in [0.15, 0.2) is 0 Å². The molecule has 0 saturated heterocycles. The first-order valence-corrected chi connectivity index (χ1v) is 6.78. The van der Waals surface area contributed by atoms with Gasteiger partial charge in [0.25, 0.3) is 0 Å². The minimum atomic E-state index is -0.644. The molecule has 0 aliphatic heterocycles. The lowest BCUT2D eigenvalue weighted by Gasteiger charge is -2.26. The molecule has 0 aromatic carbocycles. The van der Waals surface area contributed by atoms with Gasteiger partial charge in [-0.1, -0.05) is 13.8 Å². The Labute approximate surface area is 104 Å². The van der Waals surface area contributed by atoms with Gasteiger partial charge in [-0.05, 0) is 31.6 Å². The third kappa shape index (κ3) is 6.36. The summed E-state index contributed by atoms with van der Waals surface area (Å²) in [6.07, 6.45) is 3.52. The van der Waals surface area contributed by atoms with E-state index in [1.165, 1.54) is 12.8 Å². The Kier molecular flexibility index (Phi) is 6.41. The molecule has 1 aliphatic rings. The van der Waals surface area contributed by atoms with E-state index in [-0.39, 0.29) is 0 Å². The second-order valence-electron chi connectivity index (χ2n) is 5.20. The smallest absolute Gasteiger partial charge is 0.0897 e. The molecule has 102 valence electrons. The standard InChI is InChI=1S/C13H27NO3/c1-3-13(16,4-2)10-14-7-12(15)9-17-8-11-5-6-11/h11-12,14-16H,3-10H2,1-2H3. The molecule has 17 heavy (non-hydrogen) atoms.